The molecule has 0 aliphatic rings. The summed E-state index contributed by atoms with van der Waals surface area (Å²) in [7, 11) is 0. The van der Waals surface area contributed by atoms with E-state index in [0.29, 0.717) is 0 Å². The second-order valence-corrected chi connectivity index (χ2v) is 3.86. The predicted octanol–water partition coefficient (Wildman–Crippen LogP) is 1.37. The van der Waals surface area contributed by atoms with Crippen LogP contribution in [0.4, 0.5) is 17.6 Å². The Morgan fingerprint density at radius 3 is 2.20 bits per heavy atom. The molecule has 0 aliphatic heterocycles. The van der Waals surface area contributed by atoms with Gasteiger partial charge in [0.1, 0.15) is 6.10 Å². The Morgan fingerprint density at radius 1 is 1.27 bits per heavy atom. The van der Waals surface area contributed by atoms with Gasteiger partial charge >= 0.3 is 10.8 Å². The molecule has 0 aromatic rings. The molecule has 2 N–H and O–H groups in total. The van der Waals surface area contributed by atoms with Crippen molar-refractivity contribution in [3.8, 4) is 0 Å². The first-order valence-electron chi connectivity index (χ1n) is 4.02. The van der Waals surface area contributed by atoms with E-state index in [1.165, 1.54) is 0 Å². The average molecular weight is 299 g/mol. The molecular weight excluding hydrogens is 288 g/mol. The van der Waals surface area contributed by atoms with Crippen molar-refractivity contribution < 1.29 is 32.5 Å². The van der Waals surface area contributed by atoms with Crippen LogP contribution in [-0.4, -0.2) is 46.9 Å². The Kier molecular flexibility index (Phi) is 6.01. The highest BCUT2D eigenvalue weighted by atomic mass is 79.9. The Morgan fingerprint density at radius 2 is 1.80 bits per heavy atom. The molecule has 92 valence electrons. The summed E-state index contributed by atoms with van der Waals surface area (Å²) < 4.78 is 53.9. The number of aliphatic hydroxyl groups is 2. The van der Waals surface area contributed by atoms with E-state index < -0.39 is 36.5 Å². The van der Waals surface area contributed by atoms with Gasteiger partial charge in [-0.25, -0.2) is 0 Å². The van der Waals surface area contributed by atoms with Gasteiger partial charge in [-0.3, -0.25) is 0 Å². The zero-order valence-electron chi connectivity index (χ0n) is 7.60. The molecule has 0 aromatic carbocycles. The van der Waals surface area contributed by atoms with E-state index in [1.54, 1.807) is 15.9 Å². The molecule has 0 bridgehead atoms. The van der Waals surface area contributed by atoms with Gasteiger partial charge in [0.2, 0.25) is 0 Å². The molecule has 0 radical (unpaired) electrons. The lowest BCUT2D eigenvalue weighted by atomic mass is 10.2. The molecule has 0 rings (SSSR count). The van der Waals surface area contributed by atoms with Crippen molar-refractivity contribution in [2.75, 3.05) is 19.8 Å². The van der Waals surface area contributed by atoms with Crippen LogP contribution >= 0.6 is 15.9 Å². The highest BCUT2D eigenvalue weighted by molar-refractivity contribution is 9.10. The number of alkyl halides is 5. The number of ether oxygens (including phenoxy) is 1. The van der Waals surface area contributed by atoms with Crippen LogP contribution in [0.2, 0.25) is 0 Å². The zero-order valence-corrected chi connectivity index (χ0v) is 9.18. The normalized spacial score (nSPS) is 15.4. The van der Waals surface area contributed by atoms with Crippen LogP contribution < -0.4 is 0 Å². The summed E-state index contributed by atoms with van der Waals surface area (Å²) in [6, 6.07) is 0. The Balaban J connectivity index is 3.77. The third-order valence-corrected chi connectivity index (χ3v) is 2.08. The third-order valence-electron chi connectivity index (χ3n) is 1.50. The Bertz CT molecular complexity index is 186. The van der Waals surface area contributed by atoms with Gasteiger partial charge in [-0.15, -0.1) is 0 Å². The van der Waals surface area contributed by atoms with E-state index >= 15 is 0 Å². The summed E-state index contributed by atoms with van der Waals surface area (Å²) >= 11 is 1.57. The monoisotopic (exact) mass is 298 g/mol. The first kappa shape index (κ1) is 15.1. The van der Waals surface area contributed by atoms with Crippen molar-refractivity contribution in [1.82, 2.24) is 0 Å². The van der Waals surface area contributed by atoms with Crippen LogP contribution in [0.1, 0.15) is 6.42 Å². The molecule has 1 atom stereocenters. The van der Waals surface area contributed by atoms with Gasteiger partial charge in [0, 0.05) is 6.42 Å². The fourth-order valence-corrected chi connectivity index (χ4v) is 0.812. The number of hydrogen-bond donors (Lipinski definition) is 2. The molecule has 0 amide bonds. The molecule has 0 saturated carbocycles. The third kappa shape index (κ3) is 5.64. The van der Waals surface area contributed by atoms with Crippen molar-refractivity contribution in [2.24, 2.45) is 0 Å². The fourth-order valence-electron chi connectivity index (χ4n) is 0.614. The summed E-state index contributed by atoms with van der Waals surface area (Å²) in [5, 5.41) is 17.0. The maximum absolute atomic E-state index is 12.5. The molecule has 3 nitrogen and oxygen atoms in total. The van der Waals surface area contributed by atoms with Crippen LogP contribution in [-0.2, 0) is 4.74 Å². The smallest absolute Gasteiger partial charge is 0.363 e. The number of halogens is 5. The molecule has 0 fully saturated rings. The largest absolute Gasteiger partial charge is 0.394 e. The summed E-state index contributed by atoms with van der Waals surface area (Å²) in [5.41, 5.74) is 0. The lowest BCUT2D eigenvalue weighted by Crippen LogP contribution is -2.36. The molecule has 0 aromatic heterocycles. The van der Waals surface area contributed by atoms with Crippen LogP contribution in [0.5, 0.6) is 0 Å². The van der Waals surface area contributed by atoms with E-state index in [2.05, 4.69) is 4.74 Å². The molecule has 0 saturated heterocycles. The summed E-state index contributed by atoms with van der Waals surface area (Å²) in [6.07, 6.45) is -2.37. The second-order valence-electron chi connectivity index (χ2n) is 2.86. The van der Waals surface area contributed by atoms with Crippen LogP contribution in [0, 0.1) is 0 Å². The highest BCUT2D eigenvalue weighted by Gasteiger charge is 2.53. The minimum atomic E-state index is -4.28. The molecule has 0 aliphatic carbocycles. The van der Waals surface area contributed by atoms with Gasteiger partial charge in [-0.1, -0.05) is 0 Å². The van der Waals surface area contributed by atoms with Crippen LogP contribution in [0.3, 0.4) is 0 Å². The van der Waals surface area contributed by atoms with Gasteiger partial charge in [-0.2, -0.15) is 17.6 Å². The molecule has 0 heterocycles. The first-order valence-corrected chi connectivity index (χ1v) is 4.81. The predicted molar refractivity (Wildman–Crippen MR) is 47.3 cm³/mol. The van der Waals surface area contributed by atoms with Gasteiger partial charge in [0.25, 0.3) is 0 Å². The van der Waals surface area contributed by atoms with Gasteiger partial charge < -0.3 is 14.9 Å². The SMILES string of the molecule is OCC(O)COCCC(F)(F)C(F)(F)Br. The van der Waals surface area contributed by atoms with E-state index in [1.807, 2.05) is 0 Å². The lowest BCUT2D eigenvalue weighted by Gasteiger charge is -2.21. The van der Waals surface area contributed by atoms with Gasteiger partial charge in [-0.05, 0) is 15.9 Å². The van der Waals surface area contributed by atoms with E-state index in [-0.39, 0.29) is 6.61 Å². The first-order chi connectivity index (χ1) is 6.70. The molecule has 8 heteroatoms. The van der Waals surface area contributed by atoms with Crippen LogP contribution in [0.25, 0.3) is 0 Å². The van der Waals surface area contributed by atoms with E-state index in [9.17, 15) is 17.6 Å². The topological polar surface area (TPSA) is 49.7 Å². The maximum Gasteiger partial charge on any atom is 0.363 e. The lowest BCUT2D eigenvalue weighted by molar-refractivity contribution is -0.160. The molecule has 0 spiro atoms. The summed E-state index contributed by atoms with van der Waals surface area (Å²) in [5.74, 6) is -4.21. The Labute approximate surface area is 92.2 Å². The zero-order chi connectivity index (χ0) is 12.1. The van der Waals surface area contributed by atoms with Gasteiger partial charge in [0.15, 0.2) is 0 Å². The van der Waals surface area contributed by atoms with Crippen molar-refractivity contribution in [3.63, 3.8) is 0 Å². The summed E-state index contributed by atoms with van der Waals surface area (Å²) in [4.78, 5) is -4.28. The van der Waals surface area contributed by atoms with E-state index in [4.69, 9.17) is 10.2 Å². The van der Waals surface area contributed by atoms with Crippen molar-refractivity contribution in [3.05, 3.63) is 0 Å². The number of aliphatic hydroxyl groups excluding tert-OH is 2. The number of rotatable bonds is 7. The van der Waals surface area contributed by atoms with Crippen LogP contribution in [0.15, 0.2) is 0 Å². The minimum Gasteiger partial charge on any atom is -0.394 e. The second kappa shape index (κ2) is 5.97. The van der Waals surface area contributed by atoms with Crippen molar-refractivity contribution in [1.29, 1.82) is 0 Å². The Hall–Kier alpha value is 0.0800. The van der Waals surface area contributed by atoms with Crippen molar-refractivity contribution >= 4 is 15.9 Å². The standard InChI is InChI=1S/C7H11BrF4O3/c8-7(11,12)6(9,10)1-2-15-4-5(14)3-13/h5,13-14H,1-4H2. The number of hydrogen-bond acceptors (Lipinski definition) is 3. The van der Waals surface area contributed by atoms with Gasteiger partial charge in [0.05, 0.1) is 19.8 Å². The van der Waals surface area contributed by atoms with E-state index in [0.717, 1.165) is 0 Å². The van der Waals surface area contributed by atoms with Crippen molar-refractivity contribution in [2.45, 2.75) is 23.3 Å². The quantitative estimate of drug-likeness (QED) is 0.424. The minimum absolute atomic E-state index is 0.375. The molecule has 1 unspecified atom stereocenters. The fraction of sp³-hybridized carbons (Fsp3) is 1.00. The molecule has 15 heavy (non-hydrogen) atoms. The molecular formula is C7H11BrF4O3. The summed E-state index contributed by atoms with van der Waals surface area (Å²) in [6.45, 7) is -1.59. The highest BCUT2D eigenvalue weighted by Crippen LogP contribution is 2.41. The maximum atomic E-state index is 12.5. The average Bonchev–Trinajstić information content (AvgIpc) is 2.10.